The molecule has 4 N–H and O–H groups in total. The van der Waals surface area contributed by atoms with Crippen LogP contribution in [0, 0.1) is 5.92 Å². The molecule has 8 heteroatoms. The summed E-state index contributed by atoms with van der Waals surface area (Å²) in [6.45, 7) is 4.98. The van der Waals surface area contributed by atoms with Crippen LogP contribution in [0.4, 0.5) is 0 Å². The topological polar surface area (TPSA) is 122 Å². The molecule has 0 fully saturated rings. The van der Waals surface area contributed by atoms with E-state index in [0.717, 1.165) is 5.56 Å². The molecule has 1 heterocycles. The maximum atomic E-state index is 12.8. The van der Waals surface area contributed by atoms with E-state index in [0.29, 0.717) is 10.8 Å². The van der Waals surface area contributed by atoms with Gasteiger partial charge in [0.25, 0.3) is 5.91 Å². The number of rotatable bonds is 8. The van der Waals surface area contributed by atoms with Gasteiger partial charge < -0.3 is 16.2 Å². The molecule has 0 spiro atoms. The van der Waals surface area contributed by atoms with Crippen LogP contribution in [0.15, 0.2) is 47.5 Å². The van der Waals surface area contributed by atoms with Crippen molar-refractivity contribution >= 4 is 29.5 Å². The fraction of sp³-hybridized carbons (Fsp3) is 0.300. The number of thioether (sulfide) groups is 1. The molecule has 28 heavy (non-hydrogen) atoms. The summed E-state index contributed by atoms with van der Waals surface area (Å²) in [5, 5.41) is 12.5. The van der Waals surface area contributed by atoms with E-state index in [-0.39, 0.29) is 17.2 Å². The lowest BCUT2D eigenvalue weighted by Crippen LogP contribution is -2.58. The van der Waals surface area contributed by atoms with Crippen LogP contribution in [0.1, 0.15) is 47.2 Å². The van der Waals surface area contributed by atoms with E-state index in [1.165, 1.54) is 24.8 Å². The highest BCUT2D eigenvalue weighted by atomic mass is 32.2. The van der Waals surface area contributed by atoms with Gasteiger partial charge in [-0.15, -0.1) is 11.8 Å². The van der Waals surface area contributed by atoms with Gasteiger partial charge in [-0.3, -0.25) is 9.59 Å². The van der Waals surface area contributed by atoms with Crippen molar-refractivity contribution in [2.24, 2.45) is 11.7 Å². The monoisotopic (exact) mass is 401 g/mol. The molecule has 2 rings (SSSR count). The summed E-state index contributed by atoms with van der Waals surface area (Å²) in [6.07, 6.45) is 0. The Balaban J connectivity index is 2.31. The molecular weight excluding hydrogens is 378 g/mol. The second-order valence-corrected chi connectivity index (χ2v) is 7.80. The van der Waals surface area contributed by atoms with E-state index in [9.17, 15) is 19.5 Å². The number of amides is 2. The summed E-state index contributed by atoms with van der Waals surface area (Å²) in [7, 11) is 0. The van der Waals surface area contributed by atoms with Gasteiger partial charge in [0.15, 0.2) is 0 Å². The molecule has 0 saturated heterocycles. The van der Waals surface area contributed by atoms with Crippen molar-refractivity contribution in [1.29, 1.82) is 0 Å². The zero-order chi connectivity index (χ0) is 20.9. The molecule has 0 aliphatic heterocycles. The summed E-state index contributed by atoms with van der Waals surface area (Å²) in [5.74, 6) is -2.41. The average Bonchev–Trinajstić information content (AvgIpc) is 2.66. The zero-order valence-corrected chi connectivity index (χ0v) is 16.7. The molecule has 1 aromatic carbocycles. The summed E-state index contributed by atoms with van der Waals surface area (Å²) in [4.78, 5) is 40.4. The van der Waals surface area contributed by atoms with Gasteiger partial charge in [-0.2, -0.15) is 0 Å². The Morgan fingerprint density at radius 2 is 1.82 bits per heavy atom. The van der Waals surface area contributed by atoms with E-state index in [1.807, 2.05) is 30.3 Å². The Morgan fingerprint density at radius 3 is 2.36 bits per heavy atom. The third kappa shape index (κ3) is 4.89. The Bertz CT molecular complexity index is 886. The van der Waals surface area contributed by atoms with Crippen molar-refractivity contribution in [3.8, 4) is 0 Å². The van der Waals surface area contributed by atoms with Gasteiger partial charge in [-0.1, -0.05) is 44.2 Å². The van der Waals surface area contributed by atoms with Crippen molar-refractivity contribution in [3.05, 3.63) is 59.3 Å². The second kappa shape index (κ2) is 8.88. The number of hydrogen-bond donors (Lipinski definition) is 3. The van der Waals surface area contributed by atoms with Crippen LogP contribution < -0.4 is 11.1 Å². The van der Waals surface area contributed by atoms with Crippen LogP contribution in [0.2, 0.25) is 0 Å². The summed E-state index contributed by atoms with van der Waals surface area (Å²) in [5.41, 5.74) is 4.69. The van der Waals surface area contributed by atoms with E-state index in [4.69, 9.17) is 5.73 Å². The van der Waals surface area contributed by atoms with Crippen molar-refractivity contribution in [3.63, 3.8) is 0 Å². The number of carboxylic acid groups (broad SMARTS) is 1. The first-order valence-electron chi connectivity index (χ1n) is 8.68. The highest BCUT2D eigenvalue weighted by Gasteiger charge is 2.37. The maximum absolute atomic E-state index is 12.8. The number of aromatic nitrogens is 1. The fourth-order valence-electron chi connectivity index (χ4n) is 2.38. The molecule has 0 aliphatic rings. The van der Waals surface area contributed by atoms with E-state index in [2.05, 4.69) is 10.3 Å². The van der Waals surface area contributed by atoms with Gasteiger partial charge in [0.2, 0.25) is 5.91 Å². The van der Waals surface area contributed by atoms with Crippen LogP contribution in [0.5, 0.6) is 0 Å². The van der Waals surface area contributed by atoms with Gasteiger partial charge in [0.1, 0.15) is 11.2 Å². The highest BCUT2D eigenvalue weighted by molar-refractivity contribution is 7.98. The number of nitrogens with two attached hydrogens (primary N) is 1. The van der Waals surface area contributed by atoms with Crippen molar-refractivity contribution < 1.29 is 19.5 Å². The number of carbonyl (C=O) groups excluding carboxylic acids is 2. The maximum Gasteiger partial charge on any atom is 0.338 e. The van der Waals surface area contributed by atoms with Crippen molar-refractivity contribution in [2.45, 2.75) is 37.1 Å². The van der Waals surface area contributed by atoms with Gasteiger partial charge >= 0.3 is 5.97 Å². The largest absolute Gasteiger partial charge is 0.478 e. The molecule has 1 aromatic heterocycles. The lowest BCUT2D eigenvalue weighted by molar-refractivity contribution is -0.125. The third-order valence-corrected chi connectivity index (χ3v) is 5.59. The number of nitrogens with zero attached hydrogens (tertiary/aromatic N) is 1. The first kappa shape index (κ1) is 21.4. The first-order valence-corrected chi connectivity index (χ1v) is 9.67. The summed E-state index contributed by atoms with van der Waals surface area (Å²) >= 11 is 1.38. The average molecular weight is 401 g/mol. The minimum Gasteiger partial charge on any atom is -0.478 e. The SMILES string of the molecule is CC(C)C(C)(NC(=O)c1nc(SCc2ccccc2)ccc1C(=O)O)C(N)=O. The number of carboxylic acids is 1. The molecule has 0 saturated carbocycles. The minimum atomic E-state index is -1.33. The number of pyridine rings is 1. The van der Waals surface area contributed by atoms with Crippen molar-refractivity contribution in [1.82, 2.24) is 10.3 Å². The molecule has 148 valence electrons. The van der Waals surface area contributed by atoms with Gasteiger partial charge in [-0.25, -0.2) is 9.78 Å². The van der Waals surface area contributed by atoms with Crippen molar-refractivity contribution in [2.75, 3.05) is 0 Å². The number of hydrogen-bond acceptors (Lipinski definition) is 5. The van der Waals surface area contributed by atoms with Crippen LogP contribution in [-0.2, 0) is 10.5 Å². The van der Waals surface area contributed by atoms with Crippen LogP contribution in [-0.4, -0.2) is 33.4 Å². The smallest absolute Gasteiger partial charge is 0.338 e. The first-order chi connectivity index (χ1) is 13.1. The minimum absolute atomic E-state index is 0.239. The standard InChI is InChI=1S/C20H23N3O4S/c1-12(2)20(3,19(21)27)23-17(24)16-14(18(25)26)9-10-15(22-16)28-11-13-7-5-4-6-8-13/h4-10,12H,11H2,1-3H3,(H2,21,27)(H,23,24)(H,25,26). The Kier molecular flexibility index (Phi) is 6.80. The lowest BCUT2D eigenvalue weighted by Gasteiger charge is -2.31. The number of aromatic carboxylic acids is 1. The Morgan fingerprint density at radius 1 is 1.18 bits per heavy atom. The van der Waals surface area contributed by atoms with Gasteiger partial charge in [0.05, 0.1) is 10.6 Å². The van der Waals surface area contributed by atoms with E-state index in [1.54, 1.807) is 19.9 Å². The number of nitrogens with one attached hydrogen (secondary N) is 1. The van der Waals surface area contributed by atoms with Crippen LogP contribution >= 0.6 is 11.8 Å². The summed E-state index contributed by atoms with van der Waals surface area (Å²) < 4.78 is 0. The molecule has 0 radical (unpaired) electrons. The number of benzene rings is 1. The van der Waals surface area contributed by atoms with Crippen LogP contribution in [0.25, 0.3) is 0 Å². The molecule has 2 aromatic rings. The Labute approximate surface area is 167 Å². The fourth-order valence-corrected chi connectivity index (χ4v) is 3.21. The molecule has 0 bridgehead atoms. The molecule has 7 nitrogen and oxygen atoms in total. The van der Waals surface area contributed by atoms with Gasteiger partial charge in [0, 0.05) is 5.75 Å². The molecule has 0 aliphatic carbocycles. The molecule has 2 amide bonds. The molecule has 1 unspecified atom stereocenters. The van der Waals surface area contributed by atoms with E-state index >= 15 is 0 Å². The second-order valence-electron chi connectivity index (χ2n) is 6.80. The zero-order valence-electron chi connectivity index (χ0n) is 15.9. The normalized spacial score (nSPS) is 13.0. The predicted octanol–water partition coefficient (Wildman–Crippen LogP) is 2.70. The number of primary amides is 1. The quantitative estimate of drug-likeness (QED) is 0.585. The Hall–Kier alpha value is -2.87. The van der Waals surface area contributed by atoms with E-state index < -0.39 is 23.3 Å². The van der Waals surface area contributed by atoms with Crippen LogP contribution in [0.3, 0.4) is 0 Å². The highest BCUT2D eigenvalue weighted by Crippen LogP contribution is 2.23. The molecular formula is C20H23N3O4S. The molecule has 1 atom stereocenters. The number of carbonyl (C=O) groups is 3. The lowest BCUT2D eigenvalue weighted by atomic mass is 9.87. The third-order valence-electron chi connectivity index (χ3n) is 4.58. The predicted molar refractivity (Wildman–Crippen MR) is 107 cm³/mol. The summed E-state index contributed by atoms with van der Waals surface area (Å²) in [6, 6.07) is 12.6. The van der Waals surface area contributed by atoms with Gasteiger partial charge in [-0.05, 0) is 30.5 Å².